The summed E-state index contributed by atoms with van der Waals surface area (Å²) in [5.41, 5.74) is 1.06. The first-order chi connectivity index (χ1) is 9.49. The number of aromatic hydroxyl groups is 1. The van der Waals surface area contributed by atoms with Crippen molar-refractivity contribution in [2.24, 2.45) is 0 Å². The number of phenolic OH excluding ortho intramolecular Hbond substituents is 1. The maximum absolute atomic E-state index is 12.1. The van der Waals surface area contributed by atoms with Gasteiger partial charge in [0.2, 0.25) is 0 Å². The first kappa shape index (κ1) is 14.9. The number of halogens is 2. The molecule has 0 aliphatic rings. The largest absolute Gasteiger partial charge is 0.507 e. The molecule has 0 spiro atoms. The van der Waals surface area contributed by atoms with Crippen LogP contribution < -0.4 is 5.32 Å². The lowest BCUT2D eigenvalue weighted by Crippen LogP contribution is -2.26. The minimum absolute atomic E-state index is 0.0665. The fourth-order valence-electron chi connectivity index (χ4n) is 1.88. The van der Waals surface area contributed by atoms with Crippen LogP contribution in [0, 0.1) is 0 Å². The molecule has 5 heteroatoms. The van der Waals surface area contributed by atoms with Crippen LogP contribution in [-0.2, 0) is 0 Å². The lowest BCUT2D eigenvalue weighted by molar-refractivity contribution is 0.0937. The predicted molar refractivity (Wildman–Crippen MR) is 83.1 cm³/mol. The van der Waals surface area contributed by atoms with Gasteiger partial charge in [0.25, 0.3) is 5.91 Å². The van der Waals surface area contributed by atoms with Gasteiger partial charge < -0.3 is 10.4 Å². The highest BCUT2D eigenvalue weighted by atomic mass is 79.9. The number of benzene rings is 2. The number of hydrogen-bond donors (Lipinski definition) is 2. The van der Waals surface area contributed by atoms with Gasteiger partial charge in [0.15, 0.2) is 0 Å². The van der Waals surface area contributed by atoms with Crippen molar-refractivity contribution in [1.29, 1.82) is 0 Å². The topological polar surface area (TPSA) is 49.3 Å². The molecule has 0 radical (unpaired) electrons. The summed E-state index contributed by atoms with van der Waals surface area (Å²) in [5.74, 6) is -0.411. The fraction of sp³-hybridized carbons (Fsp3) is 0.133. The summed E-state index contributed by atoms with van der Waals surface area (Å²) in [6.07, 6.45) is 0. The van der Waals surface area contributed by atoms with E-state index >= 15 is 0 Å². The van der Waals surface area contributed by atoms with E-state index in [-0.39, 0.29) is 23.3 Å². The van der Waals surface area contributed by atoms with Gasteiger partial charge in [-0.25, -0.2) is 0 Å². The minimum Gasteiger partial charge on any atom is -0.507 e. The number of nitrogens with one attached hydrogen (secondary N) is 1. The van der Waals surface area contributed by atoms with E-state index in [9.17, 15) is 9.90 Å². The molecule has 1 unspecified atom stereocenters. The Hall–Kier alpha value is -1.52. The zero-order chi connectivity index (χ0) is 14.7. The lowest BCUT2D eigenvalue weighted by Gasteiger charge is -2.16. The van der Waals surface area contributed by atoms with Gasteiger partial charge >= 0.3 is 0 Å². The number of hydrogen-bond acceptors (Lipinski definition) is 2. The Bertz CT molecular complexity index is 646. The Labute approximate surface area is 130 Å². The number of rotatable bonds is 3. The lowest BCUT2D eigenvalue weighted by atomic mass is 10.1. The Balaban J connectivity index is 2.17. The van der Waals surface area contributed by atoms with E-state index in [2.05, 4.69) is 21.2 Å². The summed E-state index contributed by atoms with van der Waals surface area (Å²) >= 11 is 9.33. The Kier molecular flexibility index (Phi) is 4.68. The Morgan fingerprint density at radius 2 is 2.00 bits per heavy atom. The molecular weight excluding hydrogens is 342 g/mol. The van der Waals surface area contributed by atoms with E-state index in [1.807, 2.05) is 25.1 Å². The van der Waals surface area contributed by atoms with E-state index in [0.717, 1.165) is 5.56 Å². The third-order valence-corrected chi connectivity index (χ3v) is 3.76. The smallest absolute Gasteiger partial charge is 0.255 e. The Morgan fingerprint density at radius 1 is 1.30 bits per heavy atom. The van der Waals surface area contributed by atoms with Crippen molar-refractivity contribution in [1.82, 2.24) is 5.32 Å². The van der Waals surface area contributed by atoms with Crippen molar-refractivity contribution < 1.29 is 9.90 Å². The third-order valence-electron chi connectivity index (χ3n) is 2.92. The highest BCUT2D eigenvalue weighted by Gasteiger charge is 2.16. The second-order valence-corrected chi connectivity index (χ2v) is 5.70. The molecule has 0 saturated heterocycles. The molecule has 0 fully saturated rings. The molecule has 0 aliphatic heterocycles. The first-order valence-corrected chi connectivity index (χ1v) is 7.20. The van der Waals surface area contributed by atoms with Crippen LogP contribution in [0.5, 0.6) is 5.75 Å². The van der Waals surface area contributed by atoms with E-state index in [0.29, 0.717) is 9.50 Å². The third kappa shape index (κ3) is 3.32. The van der Waals surface area contributed by atoms with Gasteiger partial charge in [0, 0.05) is 9.50 Å². The molecule has 0 aromatic heterocycles. The number of carbonyl (C=O) groups excluding carboxylic acids is 1. The minimum atomic E-state index is -0.345. The van der Waals surface area contributed by atoms with E-state index in [1.54, 1.807) is 18.2 Å². The van der Waals surface area contributed by atoms with Crippen molar-refractivity contribution >= 4 is 33.4 Å². The van der Waals surface area contributed by atoms with Gasteiger partial charge in [-0.05, 0) is 36.8 Å². The van der Waals surface area contributed by atoms with E-state index in [4.69, 9.17) is 11.6 Å². The molecule has 0 bridgehead atoms. The van der Waals surface area contributed by atoms with Crippen LogP contribution in [0.3, 0.4) is 0 Å². The van der Waals surface area contributed by atoms with Gasteiger partial charge in [-0.2, -0.15) is 0 Å². The average Bonchev–Trinajstić information content (AvgIpc) is 2.38. The molecule has 2 aromatic carbocycles. The zero-order valence-corrected chi connectivity index (χ0v) is 13.1. The molecule has 3 nitrogen and oxygen atoms in total. The van der Waals surface area contributed by atoms with Crippen molar-refractivity contribution in [3.05, 3.63) is 63.1 Å². The zero-order valence-electron chi connectivity index (χ0n) is 10.7. The number of phenols is 1. The SMILES string of the molecule is CC(NC(=O)c1ccc(Br)cc1O)c1ccccc1Cl. The van der Waals surface area contributed by atoms with E-state index in [1.165, 1.54) is 6.07 Å². The molecule has 20 heavy (non-hydrogen) atoms. The number of amides is 1. The second kappa shape index (κ2) is 6.29. The van der Waals surface area contributed by atoms with Crippen molar-refractivity contribution in [3.63, 3.8) is 0 Å². The highest BCUT2D eigenvalue weighted by molar-refractivity contribution is 9.10. The monoisotopic (exact) mass is 353 g/mol. The van der Waals surface area contributed by atoms with Gasteiger partial charge in [-0.15, -0.1) is 0 Å². The quantitative estimate of drug-likeness (QED) is 0.863. The van der Waals surface area contributed by atoms with Crippen molar-refractivity contribution in [2.45, 2.75) is 13.0 Å². The molecule has 0 saturated carbocycles. The summed E-state index contributed by atoms with van der Waals surface area (Å²) in [6, 6.07) is 11.8. The van der Waals surface area contributed by atoms with Crippen LogP contribution in [0.15, 0.2) is 46.9 Å². The van der Waals surface area contributed by atoms with Gasteiger partial charge in [-0.3, -0.25) is 4.79 Å². The number of carbonyl (C=O) groups is 1. The summed E-state index contributed by atoms with van der Waals surface area (Å²) in [4.78, 5) is 12.1. The van der Waals surface area contributed by atoms with Crippen LogP contribution in [0.2, 0.25) is 5.02 Å². The van der Waals surface area contributed by atoms with Gasteiger partial charge in [0.1, 0.15) is 5.75 Å². The molecule has 2 N–H and O–H groups in total. The molecule has 2 rings (SSSR count). The summed E-state index contributed by atoms with van der Waals surface area (Å²) in [7, 11) is 0. The maximum Gasteiger partial charge on any atom is 0.255 e. The van der Waals surface area contributed by atoms with Crippen LogP contribution in [-0.4, -0.2) is 11.0 Å². The van der Waals surface area contributed by atoms with Crippen molar-refractivity contribution in [3.8, 4) is 5.75 Å². The Morgan fingerprint density at radius 3 is 2.65 bits per heavy atom. The van der Waals surface area contributed by atoms with E-state index < -0.39 is 0 Å². The second-order valence-electron chi connectivity index (χ2n) is 4.38. The highest BCUT2D eigenvalue weighted by Crippen LogP contribution is 2.25. The fourth-order valence-corrected chi connectivity index (χ4v) is 2.52. The average molecular weight is 355 g/mol. The van der Waals surface area contributed by atoms with Crippen LogP contribution >= 0.6 is 27.5 Å². The summed E-state index contributed by atoms with van der Waals surface area (Å²) < 4.78 is 0.714. The summed E-state index contributed by atoms with van der Waals surface area (Å²) in [6.45, 7) is 1.84. The standard InChI is InChI=1S/C15H13BrClNO2/c1-9(11-4-2-3-5-13(11)17)18-15(20)12-7-6-10(16)8-14(12)19/h2-9,19H,1H3,(H,18,20). The molecule has 104 valence electrons. The van der Waals surface area contributed by atoms with Crippen molar-refractivity contribution in [2.75, 3.05) is 0 Å². The molecule has 2 aromatic rings. The molecule has 1 amide bonds. The van der Waals surface area contributed by atoms with Crippen LogP contribution in [0.1, 0.15) is 28.9 Å². The van der Waals surface area contributed by atoms with Gasteiger partial charge in [-0.1, -0.05) is 45.7 Å². The molecular formula is C15H13BrClNO2. The molecule has 0 aliphatic carbocycles. The normalized spacial score (nSPS) is 11.9. The first-order valence-electron chi connectivity index (χ1n) is 6.03. The molecule has 0 heterocycles. The van der Waals surface area contributed by atoms with Gasteiger partial charge in [0.05, 0.1) is 11.6 Å². The maximum atomic E-state index is 12.1. The molecule has 1 atom stereocenters. The van der Waals surface area contributed by atoms with Crippen LogP contribution in [0.25, 0.3) is 0 Å². The summed E-state index contributed by atoms with van der Waals surface area (Å²) in [5, 5.41) is 13.2. The van der Waals surface area contributed by atoms with Crippen LogP contribution in [0.4, 0.5) is 0 Å². The predicted octanol–water partition coefficient (Wildman–Crippen LogP) is 4.30.